The van der Waals surface area contributed by atoms with Crippen molar-refractivity contribution in [1.29, 1.82) is 5.41 Å². The first-order chi connectivity index (χ1) is 9.46. The molecule has 0 aromatic carbocycles. The third kappa shape index (κ3) is 3.51. The molecule has 1 aliphatic heterocycles. The minimum absolute atomic E-state index is 0.0397. The molecule has 2 aliphatic rings. The van der Waals surface area contributed by atoms with Gasteiger partial charge in [-0.05, 0) is 25.7 Å². The van der Waals surface area contributed by atoms with Crippen molar-refractivity contribution < 1.29 is 8.42 Å². The van der Waals surface area contributed by atoms with Crippen LogP contribution in [-0.2, 0) is 10.2 Å². The topological polar surface area (TPSA) is 99.3 Å². The quantitative estimate of drug-likeness (QED) is 0.539. The Labute approximate surface area is 121 Å². The highest BCUT2D eigenvalue weighted by molar-refractivity contribution is 7.87. The van der Waals surface area contributed by atoms with Gasteiger partial charge in [0, 0.05) is 13.1 Å². The predicted molar refractivity (Wildman–Crippen MR) is 79.8 cm³/mol. The van der Waals surface area contributed by atoms with Gasteiger partial charge in [-0.25, -0.2) is 0 Å². The van der Waals surface area contributed by atoms with Crippen molar-refractivity contribution in [3.8, 4) is 0 Å². The molecule has 1 saturated heterocycles. The van der Waals surface area contributed by atoms with Gasteiger partial charge in [-0.3, -0.25) is 5.41 Å². The summed E-state index contributed by atoms with van der Waals surface area (Å²) >= 11 is 0. The largest absolute Gasteiger partial charge is 0.386 e. The Bertz CT molecular complexity index is 435. The van der Waals surface area contributed by atoms with Gasteiger partial charge >= 0.3 is 0 Å². The SMILES string of the molecule is N=C(N)C1(NS(=O)(=O)N2CCCC2)CCCCCCC1. The Morgan fingerprint density at radius 1 is 1.00 bits per heavy atom. The standard InChI is InChI=1S/C13H26N4O2S/c14-12(15)13(8-4-2-1-3-5-9-13)16-20(18,19)17-10-6-7-11-17/h16H,1-11H2,(H3,14,15). The lowest BCUT2D eigenvalue weighted by Gasteiger charge is -2.36. The van der Waals surface area contributed by atoms with Crippen LogP contribution in [0.4, 0.5) is 0 Å². The number of nitrogens with two attached hydrogens (primary N) is 1. The van der Waals surface area contributed by atoms with Crippen molar-refractivity contribution in [1.82, 2.24) is 9.03 Å². The van der Waals surface area contributed by atoms with Crippen LogP contribution in [0.2, 0.25) is 0 Å². The van der Waals surface area contributed by atoms with Crippen LogP contribution < -0.4 is 10.5 Å². The minimum Gasteiger partial charge on any atom is -0.386 e. The van der Waals surface area contributed by atoms with Crippen LogP contribution in [0.25, 0.3) is 0 Å². The third-order valence-electron chi connectivity index (χ3n) is 4.45. The number of hydrogen-bond acceptors (Lipinski definition) is 3. The second-order valence-corrected chi connectivity index (χ2v) is 7.65. The third-order valence-corrected chi connectivity index (χ3v) is 6.15. The van der Waals surface area contributed by atoms with E-state index in [1.165, 1.54) is 10.7 Å². The summed E-state index contributed by atoms with van der Waals surface area (Å²) in [6.07, 6.45) is 8.28. The summed E-state index contributed by atoms with van der Waals surface area (Å²) in [7, 11) is -3.53. The lowest BCUT2D eigenvalue weighted by atomic mass is 9.84. The number of nitrogens with zero attached hydrogens (tertiary/aromatic N) is 1. The molecule has 0 radical (unpaired) electrons. The fraction of sp³-hybridized carbons (Fsp3) is 0.923. The van der Waals surface area contributed by atoms with Crippen LogP contribution in [0.15, 0.2) is 0 Å². The Morgan fingerprint density at radius 2 is 1.50 bits per heavy atom. The minimum atomic E-state index is -3.53. The summed E-state index contributed by atoms with van der Waals surface area (Å²) in [6.45, 7) is 1.15. The van der Waals surface area contributed by atoms with Gasteiger partial charge in [0.1, 0.15) is 5.84 Å². The number of hydrogen-bond donors (Lipinski definition) is 3. The predicted octanol–water partition coefficient (Wildman–Crippen LogP) is 1.34. The van der Waals surface area contributed by atoms with Crippen molar-refractivity contribution in [3.05, 3.63) is 0 Å². The average Bonchev–Trinajstić information content (AvgIpc) is 2.86. The van der Waals surface area contributed by atoms with Gasteiger partial charge in [-0.1, -0.05) is 32.1 Å². The molecule has 6 nitrogen and oxygen atoms in total. The highest BCUT2D eigenvalue weighted by Crippen LogP contribution is 2.28. The summed E-state index contributed by atoms with van der Waals surface area (Å²) in [4.78, 5) is 0. The zero-order valence-electron chi connectivity index (χ0n) is 12.0. The number of amidine groups is 1. The first kappa shape index (κ1) is 15.7. The average molecular weight is 302 g/mol. The molecule has 1 heterocycles. The summed E-state index contributed by atoms with van der Waals surface area (Å²) in [5.74, 6) is -0.0397. The van der Waals surface area contributed by atoms with Gasteiger partial charge in [0.15, 0.2) is 0 Å². The van der Waals surface area contributed by atoms with E-state index in [0.29, 0.717) is 25.9 Å². The molecule has 0 unspecified atom stereocenters. The van der Waals surface area contributed by atoms with Crippen LogP contribution in [0, 0.1) is 5.41 Å². The fourth-order valence-corrected chi connectivity index (χ4v) is 4.85. The Balaban J connectivity index is 2.16. The summed E-state index contributed by atoms with van der Waals surface area (Å²) in [6, 6.07) is 0. The Kier molecular flexibility index (Phi) is 5.04. The maximum absolute atomic E-state index is 12.5. The monoisotopic (exact) mass is 302 g/mol. The second-order valence-electron chi connectivity index (χ2n) is 5.98. The first-order valence-electron chi connectivity index (χ1n) is 7.60. The highest BCUT2D eigenvalue weighted by atomic mass is 32.2. The summed E-state index contributed by atoms with van der Waals surface area (Å²) in [5.41, 5.74) is 4.89. The summed E-state index contributed by atoms with van der Waals surface area (Å²) in [5, 5.41) is 7.89. The van der Waals surface area contributed by atoms with Crippen LogP contribution in [0.3, 0.4) is 0 Å². The molecule has 20 heavy (non-hydrogen) atoms. The van der Waals surface area contributed by atoms with E-state index in [-0.39, 0.29) is 5.84 Å². The van der Waals surface area contributed by atoms with E-state index in [2.05, 4.69) is 4.72 Å². The summed E-state index contributed by atoms with van der Waals surface area (Å²) < 4.78 is 29.2. The van der Waals surface area contributed by atoms with E-state index in [9.17, 15) is 8.42 Å². The van der Waals surface area contributed by atoms with Crippen molar-refractivity contribution in [3.63, 3.8) is 0 Å². The van der Waals surface area contributed by atoms with Crippen molar-refractivity contribution in [2.75, 3.05) is 13.1 Å². The Morgan fingerprint density at radius 3 is 2.00 bits per heavy atom. The molecule has 1 saturated carbocycles. The van der Waals surface area contributed by atoms with E-state index in [0.717, 1.165) is 38.5 Å². The maximum Gasteiger partial charge on any atom is 0.280 e. The zero-order chi connectivity index (χ0) is 14.6. The molecule has 0 aromatic rings. The number of rotatable bonds is 4. The van der Waals surface area contributed by atoms with Gasteiger partial charge < -0.3 is 5.73 Å². The molecule has 0 aromatic heterocycles. The van der Waals surface area contributed by atoms with Gasteiger partial charge in [-0.2, -0.15) is 17.4 Å². The van der Waals surface area contributed by atoms with E-state index in [1.807, 2.05) is 0 Å². The molecule has 2 rings (SSSR count). The molecule has 0 amide bonds. The molecular weight excluding hydrogens is 276 g/mol. The molecule has 7 heteroatoms. The van der Waals surface area contributed by atoms with Crippen LogP contribution in [-0.4, -0.2) is 37.2 Å². The van der Waals surface area contributed by atoms with Crippen molar-refractivity contribution >= 4 is 16.0 Å². The van der Waals surface area contributed by atoms with Crippen LogP contribution >= 0.6 is 0 Å². The molecular formula is C13H26N4O2S. The zero-order valence-corrected chi connectivity index (χ0v) is 12.8. The lowest BCUT2D eigenvalue weighted by molar-refractivity contribution is 0.354. The number of nitrogens with one attached hydrogen (secondary N) is 2. The molecule has 0 bridgehead atoms. The molecule has 2 fully saturated rings. The Hall–Kier alpha value is -0.660. The van der Waals surface area contributed by atoms with Gasteiger partial charge in [0.25, 0.3) is 10.2 Å². The van der Waals surface area contributed by atoms with E-state index in [4.69, 9.17) is 11.1 Å². The first-order valence-corrected chi connectivity index (χ1v) is 9.04. The smallest absolute Gasteiger partial charge is 0.280 e. The fourth-order valence-electron chi connectivity index (χ4n) is 3.18. The molecule has 0 spiro atoms. The lowest BCUT2D eigenvalue weighted by Crippen LogP contribution is -2.59. The molecule has 0 atom stereocenters. The van der Waals surface area contributed by atoms with Gasteiger partial charge in [-0.15, -0.1) is 0 Å². The van der Waals surface area contributed by atoms with Crippen molar-refractivity contribution in [2.24, 2.45) is 5.73 Å². The van der Waals surface area contributed by atoms with Gasteiger partial charge in [0.05, 0.1) is 5.54 Å². The highest BCUT2D eigenvalue weighted by Gasteiger charge is 2.40. The maximum atomic E-state index is 12.5. The second kappa shape index (κ2) is 6.41. The van der Waals surface area contributed by atoms with Gasteiger partial charge in [0.2, 0.25) is 0 Å². The van der Waals surface area contributed by atoms with E-state index in [1.54, 1.807) is 0 Å². The molecule has 4 N–H and O–H groups in total. The van der Waals surface area contributed by atoms with Crippen LogP contribution in [0.1, 0.15) is 57.8 Å². The van der Waals surface area contributed by atoms with Crippen LogP contribution in [0.5, 0.6) is 0 Å². The van der Waals surface area contributed by atoms with E-state index >= 15 is 0 Å². The van der Waals surface area contributed by atoms with E-state index < -0.39 is 15.7 Å². The molecule has 1 aliphatic carbocycles. The normalized spacial score (nSPS) is 25.0. The van der Waals surface area contributed by atoms with Crippen molar-refractivity contribution in [2.45, 2.75) is 63.3 Å². The molecule has 116 valence electrons.